The lowest BCUT2D eigenvalue weighted by Crippen LogP contribution is -2.46. The zero-order valence-electron chi connectivity index (χ0n) is 18.1. The number of carbonyl (C=O) groups excluding carboxylic acids is 1. The number of piperidine rings is 1. The van der Waals surface area contributed by atoms with E-state index in [1.807, 2.05) is 52.1 Å². The van der Waals surface area contributed by atoms with E-state index in [9.17, 15) is 9.90 Å². The third kappa shape index (κ3) is 5.12. The number of benzene rings is 2. The Kier molecular flexibility index (Phi) is 6.22. The highest BCUT2D eigenvalue weighted by Gasteiger charge is 2.29. The van der Waals surface area contributed by atoms with Crippen molar-refractivity contribution in [2.24, 2.45) is 0 Å². The molecule has 6 heteroatoms. The van der Waals surface area contributed by atoms with Gasteiger partial charge in [-0.3, -0.25) is 4.90 Å². The van der Waals surface area contributed by atoms with Crippen LogP contribution in [0.2, 0.25) is 0 Å². The Bertz CT molecular complexity index is 867. The average Bonchev–Trinajstić information content (AvgIpc) is 2.68. The van der Waals surface area contributed by atoms with Gasteiger partial charge in [-0.2, -0.15) is 0 Å². The summed E-state index contributed by atoms with van der Waals surface area (Å²) >= 11 is 0. The summed E-state index contributed by atoms with van der Waals surface area (Å²) in [5, 5.41) is 12.6. The lowest BCUT2D eigenvalue weighted by Gasteiger charge is -2.37. The maximum Gasteiger partial charge on any atom is 0.410 e. The Labute approximate surface area is 173 Å². The fraction of sp³-hybridized carbons (Fsp3) is 0.522. The van der Waals surface area contributed by atoms with Crippen LogP contribution in [-0.2, 0) is 11.3 Å². The van der Waals surface area contributed by atoms with Crippen molar-refractivity contribution in [2.45, 2.75) is 51.8 Å². The molecule has 3 rings (SSSR count). The number of amides is 1. The van der Waals surface area contributed by atoms with Gasteiger partial charge in [0.25, 0.3) is 0 Å². The van der Waals surface area contributed by atoms with Gasteiger partial charge in [0, 0.05) is 38.3 Å². The topological polar surface area (TPSA) is 62.2 Å². The molecule has 2 aromatic carbocycles. The van der Waals surface area contributed by atoms with Crippen LogP contribution < -0.4 is 4.74 Å². The minimum atomic E-state index is -0.487. The van der Waals surface area contributed by atoms with Gasteiger partial charge in [-0.15, -0.1) is 0 Å². The van der Waals surface area contributed by atoms with Crippen LogP contribution in [0, 0.1) is 0 Å². The SMILES string of the molecule is COc1ccc2ccc(O)c(CN3CCC(N(C)C(=O)OC(C)(C)C)CC3)c2c1. The van der Waals surface area contributed by atoms with Gasteiger partial charge in [-0.05, 0) is 62.6 Å². The summed E-state index contributed by atoms with van der Waals surface area (Å²) in [6.07, 6.45) is 1.49. The fourth-order valence-electron chi connectivity index (χ4n) is 3.81. The summed E-state index contributed by atoms with van der Waals surface area (Å²) in [4.78, 5) is 16.4. The van der Waals surface area contributed by atoms with Crippen molar-refractivity contribution in [3.8, 4) is 11.5 Å². The van der Waals surface area contributed by atoms with E-state index in [-0.39, 0.29) is 12.1 Å². The molecular formula is C23H32N2O4. The first-order chi connectivity index (χ1) is 13.7. The Morgan fingerprint density at radius 2 is 1.86 bits per heavy atom. The van der Waals surface area contributed by atoms with Crippen molar-refractivity contribution in [1.29, 1.82) is 0 Å². The second-order valence-corrected chi connectivity index (χ2v) is 8.75. The first kappa shape index (κ1) is 21.2. The highest BCUT2D eigenvalue weighted by atomic mass is 16.6. The van der Waals surface area contributed by atoms with E-state index in [1.165, 1.54) is 0 Å². The average molecular weight is 401 g/mol. The van der Waals surface area contributed by atoms with Crippen LogP contribution in [0.3, 0.4) is 0 Å². The van der Waals surface area contributed by atoms with E-state index >= 15 is 0 Å². The maximum atomic E-state index is 12.3. The number of aromatic hydroxyl groups is 1. The zero-order chi connectivity index (χ0) is 21.2. The molecule has 0 atom stereocenters. The van der Waals surface area contributed by atoms with Gasteiger partial charge in [0.2, 0.25) is 0 Å². The Hall–Kier alpha value is -2.47. The first-order valence-electron chi connectivity index (χ1n) is 10.1. The predicted octanol–water partition coefficient (Wildman–Crippen LogP) is 4.39. The van der Waals surface area contributed by atoms with Gasteiger partial charge in [0.15, 0.2) is 0 Å². The molecule has 158 valence electrons. The number of methoxy groups -OCH3 is 1. The number of phenolic OH excluding ortho intramolecular Hbond substituents is 1. The van der Waals surface area contributed by atoms with Crippen LogP contribution in [0.1, 0.15) is 39.2 Å². The largest absolute Gasteiger partial charge is 0.508 e. The summed E-state index contributed by atoms with van der Waals surface area (Å²) in [6, 6.07) is 9.78. The number of nitrogens with zero attached hydrogens (tertiary/aromatic N) is 2. The van der Waals surface area contributed by atoms with Crippen molar-refractivity contribution >= 4 is 16.9 Å². The molecule has 1 N–H and O–H groups in total. The third-order valence-electron chi connectivity index (χ3n) is 5.48. The van der Waals surface area contributed by atoms with Gasteiger partial charge in [0.1, 0.15) is 17.1 Å². The number of rotatable bonds is 4. The minimum Gasteiger partial charge on any atom is -0.508 e. The number of ether oxygens (including phenoxy) is 2. The number of hydrogen-bond acceptors (Lipinski definition) is 5. The zero-order valence-corrected chi connectivity index (χ0v) is 18.1. The van der Waals surface area contributed by atoms with E-state index in [2.05, 4.69) is 4.90 Å². The number of carbonyl (C=O) groups is 1. The molecule has 1 saturated heterocycles. The number of hydrogen-bond donors (Lipinski definition) is 1. The van der Waals surface area contributed by atoms with Crippen LogP contribution >= 0.6 is 0 Å². The predicted molar refractivity (Wildman–Crippen MR) is 114 cm³/mol. The summed E-state index contributed by atoms with van der Waals surface area (Å²) in [5.41, 5.74) is 0.430. The first-order valence-corrected chi connectivity index (χ1v) is 10.1. The van der Waals surface area contributed by atoms with Gasteiger partial charge >= 0.3 is 6.09 Å². The van der Waals surface area contributed by atoms with Gasteiger partial charge in [0.05, 0.1) is 7.11 Å². The molecule has 1 aliphatic rings. The van der Waals surface area contributed by atoms with Gasteiger partial charge < -0.3 is 19.5 Å². The van der Waals surface area contributed by atoms with Crippen molar-refractivity contribution in [3.63, 3.8) is 0 Å². The molecule has 0 saturated carbocycles. The molecule has 0 unspecified atom stereocenters. The smallest absolute Gasteiger partial charge is 0.410 e. The molecule has 0 bridgehead atoms. The van der Waals surface area contributed by atoms with E-state index in [4.69, 9.17) is 9.47 Å². The van der Waals surface area contributed by atoms with Gasteiger partial charge in [-0.1, -0.05) is 12.1 Å². The molecule has 0 aliphatic carbocycles. The standard InChI is InChI=1S/C23H32N2O4/c1-23(2,3)29-22(27)24(4)17-10-12-25(13-11-17)15-20-19-14-18(28-5)8-6-16(19)7-9-21(20)26/h6-9,14,17,26H,10-13,15H2,1-5H3. The molecule has 1 fully saturated rings. The van der Waals surface area contributed by atoms with E-state index in [1.54, 1.807) is 18.1 Å². The van der Waals surface area contributed by atoms with Crippen molar-refractivity contribution in [2.75, 3.05) is 27.2 Å². The molecule has 1 heterocycles. The molecular weight excluding hydrogens is 368 g/mol. The van der Waals surface area contributed by atoms with Crippen molar-refractivity contribution in [1.82, 2.24) is 9.80 Å². The van der Waals surface area contributed by atoms with E-state index < -0.39 is 5.60 Å². The van der Waals surface area contributed by atoms with Gasteiger partial charge in [-0.25, -0.2) is 4.79 Å². The van der Waals surface area contributed by atoms with Crippen LogP contribution in [-0.4, -0.2) is 59.9 Å². The number of likely N-dealkylation sites (tertiary alicyclic amines) is 1. The minimum absolute atomic E-state index is 0.169. The molecule has 29 heavy (non-hydrogen) atoms. The third-order valence-corrected chi connectivity index (χ3v) is 5.48. The molecule has 1 aliphatic heterocycles. The molecule has 0 aromatic heterocycles. The van der Waals surface area contributed by atoms with Crippen LogP contribution in [0.4, 0.5) is 4.79 Å². The second-order valence-electron chi connectivity index (χ2n) is 8.75. The number of phenols is 1. The fourth-order valence-corrected chi connectivity index (χ4v) is 3.81. The maximum absolute atomic E-state index is 12.3. The summed E-state index contributed by atoms with van der Waals surface area (Å²) in [5.74, 6) is 1.08. The quantitative estimate of drug-likeness (QED) is 0.825. The van der Waals surface area contributed by atoms with E-state index in [0.717, 1.165) is 48.0 Å². The summed E-state index contributed by atoms with van der Waals surface area (Å²) in [7, 11) is 3.47. The molecule has 6 nitrogen and oxygen atoms in total. The van der Waals surface area contributed by atoms with E-state index in [0.29, 0.717) is 12.3 Å². The van der Waals surface area contributed by atoms with Crippen LogP contribution in [0.25, 0.3) is 10.8 Å². The summed E-state index contributed by atoms with van der Waals surface area (Å²) in [6.45, 7) is 8.03. The number of fused-ring (bicyclic) bond motifs is 1. The van der Waals surface area contributed by atoms with Crippen molar-refractivity contribution < 1.29 is 19.4 Å². The van der Waals surface area contributed by atoms with Crippen molar-refractivity contribution in [3.05, 3.63) is 35.9 Å². The molecule has 0 spiro atoms. The lowest BCUT2D eigenvalue weighted by atomic mass is 10.00. The molecule has 0 radical (unpaired) electrons. The Morgan fingerprint density at radius 1 is 1.21 bits per heavy atom. The highest BCUT2D eigenvalue weighted by Crippen LogP contribution is 2.32. The normalized spacial score (nSPS) is 16.0. The Balaban J connectivity index is 1.67. The van der Waals surface area contributed by atoms with Crippen LogP contribution in [0.5, 0.6) is 11.5 Å². The summed E-state index contributed by atoms with van der Waals surface area (Å²) < 4.78 is 10.8. The molecule has 2 aromatic rings. The molecule has 1 amide bonds. The monoisotopic (exact) mass is 400 g/mol. The highest BCUT2D eigenvalue weighted by molar-refractivity contribution is 5.89. The Morgan fingerprint density at radius 3 is 2.48 bits per heavy atom. The van der Waals surface area contributed by atoms with Crippen LogP contribution in [0.15, 0.2) is 30.3 Å². The lowest BCUT2D eigenvalue weighted by molar-refractivity contribution is 0.0149. The second kappa shape index (κ2) is 8.49.